The summed E-state index contributed by atoms with van der Waals surface area (Å²) in [5, 5.41) is 3.09. The summed E-state index contributed by atoms with van der Waals surface area (Å²) < 4.78 is 26.1. The molecule has 0 rings (SSSR count). The zero-order valence-electron chi connectivity index (χ0n) is 11.8. The highest BCUT2D eigenvalue weighted by atomic mass is 32.2. The monoisotopic (exact) mass is 264 g/mol. The van der Waals surface area contributed by atoms with Crippen LogP contribution in [0.4, 0.5) is 0 Å². The van der Waals surface area contributed by atoms with E-state index in [0.717, 1.165) is 13.0 Å². The van der Waals surface area contributed by atoms with Crippen molar-refractivity contribution in [2.45, 2.75) is 41.0 Å². The van der Waals surface area contributed by atoms with Gasteiger partial charge < -0.3 is 5.32 Å². The molecule has 0 bridgehead atoms. The van der Waals surface area contributed by atoms with E-state index in [2.05, 4.69) is 44.7 Å². The minimum absolute atomic E-state index is 0.0100. The minimum Gasteiger partial charge on any atom is -0.316 e. The second kappa shape index (κ2) is 7.34. The van der Waals surface area contributed by atoms with Crippen LogP contribution in [-0.2, 0) is 10.0 Å². The molecule has 104 valence electrons. The summed E-state index contributed by atoms with van der Waals surface area (Å²) in [4.78, 5) is 0. The molecule has 4 nitrogen and oxygen atoms in total. The maximum absolute atomic E-state index is 11.7. The Balaban J connectivity index is 4.02. The number of hydrogen-bond acceptors (Lipinski definition) is 3. The summed E-state index contributed by atoms with van der Waals surface area (Å²) >= 11 is 0. The van der Waals surface area contributed by atoms with E-state index >= 15 is 0 Å². The van der Waals surface area contributed by atoms with E-state index in [1.54, 1.807) is 0 Å². The fraction of sp³-hybridized carbons (Fsp3) is 1.00. The molecule has 2 N–H and O–H groups in total. The molecular formula is C12H28N2O2S. The van der Waals surface area contributed by atoms with Crippen LogP contribution in [0.5, 0.6) is 0 Å². The van der Waals surface area contributed by atoms with Gasteiger partial charge in [0, 0.05) is 13.1 Å². The molecule has 0 aromatic carbocycles. The van der Waals surface area contributed by atoms with Crippen molar-refractivity contribution in [1.29, 1.82) is 0 Å². The third kappa shape index (κ3) is 7.73. The van der Waals surface area contributed by atoms with Gasteiger partial charge in [0.25, 0.3) is 0 Å². The van der Waals surface area contributed by atoms with Gasteiger partial charge in [0.05, 0.1) is 5.75 Å². The molecule has 0 aromatic heterocycles. The Bertz CT molecular complexity index is 298. The van der Waals surface area contributed by atoms with Crippen LogP contribution < -0.4 is 10.0 Å². The van der Waals surface area contributed by atoms with Crippen LogP contribution in [0.3, 0.4) is 0 Å². The highest BCUT2D eigenvalue weighted by molar-refractivity contribution is 7.89. The van der Waals surface area contributed by atoms with Crippen molar-refractivity contribution in [1.82, 2.24) is 10.0 Å². The molecule has 0 fully saturated rings. The molecule has 0 aliphatic rings. The Labute approximate surface area is 107 Å². The molecular weight excluding hydrogens is 236 g/mol. The largest absolute Gasteiger partial charge is 0.316 e. The van der Waals surface area contributed by atoms with E-state index in [4.69, 9.17) is 0 Å². The second-order valence-corrected chi connectivity index (χ2v) is 7.46. The lowest BCUT2D eigenvalue weighted by Crippen LogP contribution is -2.39. The van der Waals surface area contributed by atoms with E-state index < -0.39 is 10.0 Å². The molecule has 0 aliphatic carbocycles. The predicted octanol–water partition coefficient (Wildman–Crippen LogP) is 1.59. The second-order valence-electron chi connectivity index (χ2n) is 5.53. The van der Waals surface area contributed by atoms with Gasteiger partial charge in [0.1, 0.15) is 0 Å². The molecule has 0 saturated heterocycles. The quantitative estimate of drug-likeness (QED) is 0.622. The number of hydrogen-bond donors (Lipinski definition) is 2. The highest BCUT2D eigenvalue weighted by Gasteiger charge is 2.24. The van der Waals surface area contributed by atoms with Gasteiger partial charge in [-0.05, 0) is 24.3 Å². The molecule has 0 aliphatic heterocycles. The third-order valence-corrected chi connectivity index (χ3v) is 4.61. The first-order valence-electron chi connectivity index (χ1n) is 6.39. The first-order chi connectivity index (χ1) is 7.71. The Morgan fingerprint density at radius 1 is 1.18 bits per heavy atom. The van der Waals surface area contributed by atoms with Crippen LogP contribution in [0.15, 0.2) is 0 Å². The lowest BCUT2D eigenvalue weighted by molar-refractivity contribution is 0.252. The smallest absolute Gasteiger partial charge is 0.212 e. The molecule has 0 aromatic rings. The van der Waals surface area contributed by atoms with E-state index in [0.29, 0.717) is 19.0 Å². The number of sulfonamides is 1. The summed E-state index contributed by atoms with van der Waals surface area (Å²) in [6.07, 6.45) is 1.02. The van der Waals surface area contributed by atoms with Crippen LogP contribution in [0, 0.1) is 11.3 Å². The molecule has 0 spiro atoms. The molecule has 0 unspecified atom stereocenters. The zero-order chi connectivity index (χ0) is 13.5. The SMILES string of the molecule is CCCNCCS(=O)(=O)NCC(C)(C)C(C)C. The highest BCUT2D eigenvalue weighted by Crippen LogP contribution is 2.24. The molecule has 5 heteroatoms. The van der Waals surface area contributed by atoms with Gasteiger partial charge in [-0.25, -0.2) is 13.1 Å². The van der Waals surface area contributed by atoms with Crippen LogP contribution >= 0.6 is 0 Å². The van der Waals surface area contributed by atoms with E-state index in [1.165, 1.54) is 0 Å². The number of nitrogens with one attached hydrogen (secondary N) is 2. The summed E-state index contributed by atoms with van der Waals surface area (Å²) in [5.74, 6) is 0.602. The van der Waals surface area contributed by atoms with Crippen LogP contribution in [0.2, 0.25) is 0 Å². The molecule has 0 atom stereocenters. The first kappa shape index (κ1) is 16.9. The van der Waals surface area contributed by atoms with Gasteiger partial charge >= 0.3 is 0 Å². The topological polar surface area (TPSA) is 58.2 Å². The summed E-state index contributed by atoms with van der Waals surface area (Å²) in [6, 6.07) is 0. The maximum Gasteiger partial charge on any atom is 0.212 e. The molecule has 0 amide bonds. The van der Waals surface area contributed by atoms with Gasteiger partial charge in [0.2, 0.25) is 10.0 Å². The van der Waals surface area contributed by atoms with Crippen molar-refractivity contribution in [2.75, 3.05) is 25.4 Å². The van der Waals surface area contributed by atoms with E-state index in [-0.39, 0.29) is 11.2 Å². The summed E-state index contributed by atoms with van der Waals surface area (Å²) in [5.41, 5.74) is -0.0100. The van der Waals surface area contributed by atoms with Crippen molar-refractivity contribution in [3.05, 3.63) is 0 Å². The maximum atomic E-state index is 11.7. The van der Waals surface area contributed by atoms with Crippen LogP contribution in [0.25, 0.3) is 0 Å². The third-order valence-electron chi connectivity index (χ3n) is 3.28. The lowest BCUT2D eigenvalue weighted by Gasteiger charge is -2.29. The molecule has 17 heavy (non-hydrogen) atoms. The van der Waals surface area contributed by atoms with Gasteiger partial charge in [0.15, 0.2) is 0 Å². The Kier molecular flexibility index (Phi) is 7.28. The Hall–Kier alpha value is -0.130. The van der Waals surface area contributed by atoms with Crippen molar-refractivity contribution >= 4 is 10.0 Å². The predicted molar refractivity (Wildman–Crippen MR) is 73.6 cm³/mol. The summed E-state index contributed by atoms with van der Waals surface area (Å²) in [6.45, 7) is 12.3. The zero-order valence-corrected chi connectivity index (χ0v) is 12.7. The normalized spacial score (nSPS) is 13.3. The van der Waals surface area contributed by atoms with E-state index in [1.807, 2.05) is 0 Å². The average Bonchev–Trinajstić information content (AvgIpc) is 2.22. The van der Waals surface area contributed by atoms with Crippen molar-refractivity contribution in [2.24, 2.45) is 11.3 Å². The minimum atomic E-state index is -3.14. The van der Waals surface area contributed by atoms with Crippen molar-refractivity contribution in [3.63, 3.8) is 0 Å². The average molecular weight is 264 g/mol. The first-order valence-corrected chi connectivity index (χ1v) is 8.04. The standard InChI is InChI=1S/C12H28N2O2S/c1-6-7-13-8-9-17(15,16)14-10-12(4,5)11(2)3/h11,13-14H,6-10H2,1-5H3. The fourth-order valence-corrected chi connectivity index (χ4v) is 2.23. The fourth-order valence-electron chi connectivity index (χ4n) is 1.08. The molecule has 0 radical (unpaired) electrons. The van der Waals surface area contributed by atoms with Crippen molar-refractivity contribution < 1.29 is 8.42 Å². The van der Waals surface area contributed by atoms with Crippen molar-refractivity contribution in [3.8, 4) is 0 Å². The van der Waals surface area contributed by atoms with Crippen LogP contribution in [-0.4, -0.2) is 33.8 Å². The molecule has 0 saturated carbocycles. The Morgan fingerprint density at radius 2 is 1.76 bits per heavy atom. The number of rotatable bonds is 9. The van der Waals surface area contributed by atoms with Crippen LogP contribution in [0.1, 0.15) is 41.0 Å². The molecule has 0 heterocycles. The Morgan fingerprint density at radius 3 is 2.24 bits per heavy atom. The summed E-state index contributed by atoms with van der Waals surface area (Å²) in [7, 11) is -3.14. The van der Waals surface area contributed by atoms with Gasteiger partial charge in [-0.3, -0.25) is 0 Å². The van der Waals surface area contributed by atoms with Gasteiger partial charge in [-0.1, -0.05) is 34.6 Å². The van der Waals surface area contributed by atoms with Gasteiger partial charge in [-0.2, -0.15) is 0 Å². The van der Waals surface area contributed by atoms with Gasteiger partial charge in [-0.15, -0.1) is 0 Å². The van der Waals surface area contributed by atoms with E-state index in [9.17, 15) is 8.42 Å². The lowest BCUT2D eigenvalue weighted by atomic mass is 9.81.